The summed E-state index contributed by atoms with van der Waals surface area (Å²) in [6, 6.07) is 11.8. The third-order valence-corrected chi connectivity index (χ3v) is 4.33. The Morgan fingerprint density at radius 2 is 1.84 bits per heavy atom. The zero-order valence-corrected chi connectivity index (χ0v) is 11.7. The molecular formula is C14H11N3S2. The SMILES string of the molecule is c1ccc(SCc2csc(-c3ccccn3)n2)nc1. The molecule has 0 spiro atoms. The number of pyridine rings is 2. The van der Waals surface area contributed by atoms with Crippen LogP contribution >= 0.6 is 23.1 Å². The standard InChI is InChI=1S/C14H11N3S2/c1-3-7-15-12(5-1)14-17-11(10-19-14)9-18-13-6-2-4-8-16-13/h1-8,10H,9H2. The molecule has 0 aliphatic heterocycles. The molecular weight excluding hydrogens is 274 g/mol. The Labute approximate surface area is 119 Å². The number of thioether (sulfide) groups is 1. The van der Waals surface area contributed by atoms with E-state index in [0.717, 1.165) is 27.2 Å². The molecule has 3 heterocycles. The maximum atomic E-state index is 4.60. The van der Waals surface area contributed by atoms with Gasteiger partial charge in [0.15, 0.2) is 0 Å². The first-order chi connectivity index (χ1) is 9.42. The first-order valence-electron chi connectivity index (χ1n) is 5.81. The summed E-state index contributed by atoms with van der Waals surface area (Å²) < 4.78 is 0. The van der Waals surface area contributed by atoms with Gasteiger partial charge in [0.2, 0.25) is 0 Å². The molecule has 3 aromatic rings. The van der Waals surface area contributed by atoms with Gasteiger partial charge in [-0.2, -0.15) is 0 Å². The van der Waals surface area contributed by atoms with Crippen LogP contribution in [0.25, 0.3) is 10.7 Å². The molecule has 94 valence electrons. The second-order valence-electron chi connectivity index (χ2n) is 3.82. The van der Waals surface area contributed by atoms with Gasteiger partial charge in [-0.25, -0.2) is 9.97 Å². The maximum Gasteiger partial charge on any atom is 0.142 e. The molecule has 3 nitrogen and oxygen atoms in total. The zero-order chi connectivity index (χ0) is 12.9. The quantitative estimate of drug-likeness (QED) is 0.682. The fraction of sp³-hybridized carbons (Fsp3) is 0.0714. The highest BCUT2D eigenvalue weighted by atomic mass is 32.2. The molecule has 0 saturated carbocycles. The molecule has 0 amide bonds. The van der Waals surface area contributed by atoms with Crippen molar-refractivity contribution in [2.24, 2.45) is 0 Å². The lowest BCUT2D eigenvalue weighted by molar-refractivity contribution is 1.12. The van der Waals surface area contributed by atoms with Gasteiger partial charge < -0.3 is 0 Å². The summed E-state index contributed by atoms with van der Waals surface area (Å²) in [6.45, 7) is 0. The first-order valence-corrected chi connectivity index (χ1v) is 7.68. The van der Waals surface area contributed by atoms with Crippen LogP contribution in [0, 0.1) is 0 Å². The van der Waals surface area contributed by atoms with Crippen molar-refractivity contribution in [2.45, 2.75) is 10.8 Å². The molecule has 0 saturated heterocycles. The van der Waals surface area contributed by atoms with E-state index in [2.05, 4.69) is 20.3 Å². The van der Waals surface area contributed by atoms with Crippen molar-refractivity contribution in [3.63, 3.8) is 0 Å². The molecule has 0 aliphatic rings. The fourth-order valence-electron chi connectivity index (χ4n) is 1.56. The van der Waals surface area contributed by atoms with E-state index in [-0.39, 0.29) is 0 Å². The summed E-state index contributed by atoms with van der Waals surface area (Å²) in [5.74, 6) is 0.834. The topological polar surface area (TPSA) is 38.7 Å². The normalized spacial score (nSPS) is 10.5. The van der Waals surface area contributed by atoms with Gasteiger partial charge in [0.25, 0.3) is 0 Å². The van der Waals surface area contributed by atoms with Crippen LogP contribution in [0.5, 0.6) is 0 Å². The Balaban J connectivity index is 1.69. The predicted octanol–water partition coefficient (Wildman–Crippen LogP) is 3.89. The number of aromatic nitrogens is 3. The fourth-order valence-corrected chi connectivity index (χ4v) is 3.22. The minimum atomic E-state index is 0.834. The van der Waals surface area contributed by atoms with Crippen LogP contribution in [-0.2, 0) is 5.75 Å². The first kappa shape index (κ1) is 12.3. The van der Waals surface area contributed by atoms with E-state index in [1.54, 1.807) is 29.3 Å². The average molecular weight is 285 g/mol. The highest BCUT2D eigenvalue weighted by molar-refractivity contribution is 7.98. The maximum absolute atomic E-state index is 4.60. The smallest absolute Gasteiger partial charge is 0.142 e. The number of hydrogen-bond acceptors (Lipinski definition) is 5. The van der Waals surface area contributed by atoms with Crippen molar-refractivity contribution in [3.8, 4) is 10.7 Å². The van der Waals surface area contributed by atoms with Crippen LogP contribution in [0.15, 0.2) is 59.2 Å². The largest absolute Gasteiger partial charge is 0.254 e. The summed E-state index contributed by atoms with van der Waals surface area (Å²) >= 11 is 3.33. The van der Waals surface area contributed by atoms with E-state index in [1.807, 2.05) is 42.6 Å². The van der Waals surface area contributed by atoms with Gasteiger partial charge in [0, 0.05) is 23.5 Å². The van der Waals surface area contributed by atoms with E-state index in [4.69, 9.17) is 0 Å². The van der Waals surface area contributed by atoms with Crippen LogP contribution in [0.3, 0.4) is 0 Å². The lowest BCUT2D eigenvalue weighted by Crippen LogP contribution is -1.84. The summed E-state index contributed by atoms with van der Waals surface area (Å²) in [5.41, 5.74) is 2.00. The van der Waals surface area contributed by atoms with Crippen LogP contribution < -0.4 is 0 Å². The monoisotopic (exact) mass is 285 g/mol. The van der Waals surface area contributed by atoms with Crippen LogP contribution in [0.1, 0.15) is 5.69 Å². The van der Waals surface area contributed by atoms with Crippen molar-refractivity contribution in [2.75, 3.05) is 0 Å². The van der Waals surface area contributed by atoms with Crippen LogP contribution in [0.4, 0.5) is 0 Å². The van der Waals surface area contributed by atoms with Crippen molar-refractivity contribution in [3.05, 3.63) is 59.9 Å². The Morgan fingerprint density at radius 1 is 1.00 bits per heavy atom. The summed E-state index contributed by atoms with van der Waals surface area (Å²) in [5, 5.41) is 4.08. The van der Waals surface area contributed by atoms with E-state index in [1.165, 1.54) is 0 Å². The molecule has 0 bridgehead atoms. The molecule has 0 unspecified atom stereocenters. The molecule has 3 rings (SSSR count). The lowest BCUT2D eigenvalue weighted by Gasteiger charge is -1.97. The van der Waals surface area contributed by atoms with E-state index < -0.39 is 0 Å². The predicted molar refractivity (Wildman–Crippen MR) is 79.1 cm³/mol. The van der Waals surface area contributed by atoms with Crippen LogP contribution in [-0.4, -0.2) is 15.0 Å². The Hall–Kier alpha value is -1.72. The van der Waals surface area contributed by atoms with Crippen molar-refractivity contribution < 1.29 is 0 Å². The van der Waals surface area contributed by atoms with Gasteiger partial charge in [0.05, 0.1) is 16.4 Å². The number of nitrogens with zero attached hydrogens (tertiary/aromatic N) is 3. The van der Waals surface area contributed by atoms with Gasteiger partial charge in [-0.15, -0.1) is 23.1 Å². The Morgan fingerprint density at radius 3 is 2.58 bits per heavy atom. The minimum Gasteiger partial charge on any atom is -0.254 e. The van der Waals surface area contributed by atoms with Gasteiger partial charge in [-0.3, -0.25) is 4.98 Å². The number of thiazole rings is 1. The third-order valence-electron chi connectivity index (χ3n) is 2.44. The summed E-state index contributed by atoms with van der Waals surface area (Å²) in [7, 11) is 0. The molecule has 19 heavy (non-hydrogen) atoms. The molecule has 0 aromatic carbocycles. The van der Waals surface area contributed by atoms with Gasteiger partial charge in [0.1, 0.15) is 5.01 Å². The average Bonchev–Trinajstić information content (AvgIpc) is 2.96. The molecule has 3 aromatic heterocycles. The second kappa shape index (κ2) is 5.95. The molecule has 0 atom stereocenters. The third kappa shape index (κ3) is 3.19. The summed E-state index contributed by atoms with van der Waals surface area (Å²) in [6.07, 6.45) is 3.60. The van der Waals surface area contributed by atoms with Crippen LogP contribution in [0.2, 0.25) is 0 Å². The lowest BCUT2D eigenvalue weighted by atomic mass is 10.4. The van der Waals surface area contributed by atoms with Gasteiger partial charge >= 0.3 is 0 Å². The van der Waals surface area contributed by atoms with E-state index in [0.29, 0.717) is 0 Å². The van der Waals surface area contributed by atoms with E-state index in [9.17, 15) is 0 Å². The van der Waals surface area contributed by atoms with E-state index >= 15 is 0 Å². The molecule has 0 aliphatic carbocycles. The highest BCUT2D eigenvalue weighted by Crippen LogP contribution is 2.25. The van der Waals surface area contributed by atoms with Crippen molar-refractivity contribution in [1.29, 1.82) is 0 Å². The van der Waals surface area contributed by atoms with Crippen molar-refractivity contribution >= 4 is 23.1 Å². The molecule has 0 N–H and O–H groups in total. The summed E-state index contributed by atoms with van der Waals surface area (Å²) in [4.78, 5) is 13.2. The molecule has 5 heteroatoms. The van der Waals surface area contributed by atoms with Gasteiger partial charge in [-0.1, -0.05) is 12.1 Å². The second-order valence-corrected chi connectivity index (χ2v) is 5.67. The Kier molecular flexibility index (Phi) is 3.86. The highest BCUT2D eigenvalue weighted by Gasteiger charge is 2.06. The Bertz CT molecular complexity index is 638. The molecule has 0 radical (unpaired) electrons. The minimum absolute atomic E-state index is 0.834. The van der Waals surface area contributed by atoms with Gasteiger partial charge in [-0.05, 0) is 24.3 Å². The van der Waals surface area contributed by atoms with Crippen molar-refractivity contribution in [1.82, 2.24) is 15.0 Å². The molecule has 0 fully saturated rings. The number of hydrogen-bond donors (Lipinski definition) is 0. The zero-order valence-electron chi connectivity index (χ0n) is 10.1. The number of rotatable bonds is 4.